The van der Waals surface area contributed by atoms with Gasteiger partial charge in [-0.25, -0.2) is 0 Å². The minimum absolute atomic E-state index is 0.0295. The zero-order chi connectivity index (χ0) is 10.6. The predicted octanol–water partition coefficient (Wildman–Crippen LogP) is 2.97. The van der Waals surface area contributed by atoms with Crippen molar-refractivity contribution in [1.82, 2.24) is 0 Å². The Hall–Kier alpha value is -2.07. The van der Waals surface area contributed by atoms with Crippen LogP contribution in [0.5, 0.6) is 0 Å². The zero-order valence-electron chi connectivity index (χ0n) is 7.49. The summed E-state index contributed by atoms with van der Waals surface area (Å²) in [5.41, 5.74) is 8.98. The fraction of sp³-hybridized carbons (Fsp3) is 0.250. The van der Waals surface area contributed by atoms with E-state index in [1.165, 1.54) is 12.1 Å². The predicted molar refractivity (Wildman–Crippen MR) is 50.7 cm³/mol. The third-order valence-corrected chi connectivity index (χ3v) is 1.81. The molecule has 6 heteroatoms. The van der Waals surface area contributed by atoms with Crippen molar-refractivity contribution in [3.05, 3.63) is 50.4 Å². The van der Waals surface area contributed by atoms with Gasteiger partial charge in [-0.15, -0.1) is 0 Å². The average molecular weight is 192 g/mol. The lowest BCUT2D eigenvalue weighted by Crippen LogP contribution is -1.90. The molecule has 0 fully saturated rings. The zero-order valence-corrected chi connectivity index (χ0v) is 7.49. The molecule has 0 aromatic heterocycles. The van der Waals surface area contributed by atoms with Crippen molar-refractivity contribution >= 4 is 5.69 Å². The van der Waals surface area contributed by atoms with Gasteiger partial charge in [0.1, 0.15) is 0 Å². The summed E-state index contributed by atoms with van der Waals surface area (Å²) in [6, 6.07) is 5.63. The van der Waals surface area contributed by atoms with Crippen molar-refractivity contribution in [3.63, 3.8) is 0 Å². The molecule has 0 aliphatic rings. The smallest absolute Gasteiger partial charge is 0.258 e. The van der Waals surface area contributed by atoms with Crippen molar-refractivity contribution in [1.29, 1.82) is 0 Å². The molecule has 14 heavy (non-hydrogen) atoms. The SMILES string of the molecule is C[C@H](N=[N+]=[N-])c1ccc([N+](=O)[O-])cc1. The molecular formula is C8H8N4O2. The molecule has 0 unspecified atom stereocenters. The van der Waals surface area contributed by atoms with Crippen LogP contribution in [0.2, 0.25) is 0 Å². The van der Waals surface area contributed by atoms with Crippen molar-refractivity contribution < 1.29 is 4.92 Å². The van der Waals surface area contributed by atoms with E-state index in [9.17, 15) is 10.1 Å². The van der Waals surface area contributed by atoms with Crippen molar-refractivity contribution in [2.24, 2.45) is 5.11 Å². The van der Waals surface area contributed by atoms with E-state index in [1.54, 1.807) is 19.1 Å². The minimum atomic E-state index is -0.470. The Morgan fingerprint density at radius 2 is 2.07 bits per heavy atom. The maximum Gasteiger partial charge on any atom is 0.269 e. The first-order valence-corrected chi connectivity index (χ1v) is 3.93. The van der Waals surface area contributed by atoms with E-state index < -0.39 is 4.92 Å². The number of benzene rings is 1. The van der Waals surface area contributed by atoms with Crippen LogP contribution < -0.4 is 0 Å². The third-order valence-electron chi connectivity index (χ3n) is 1.81. The van der Waals surface area contributed by atoms with Gasteiger partial charge in [0.2, 0.25) is 0 Å². The number of azide groups is 1. The third kappa shape index (κ3) is 2.21. The summed E-state index contributed by atoms with van der Waals surface area (Å²) in [6.07, 6.45) is 0. The largest absolute Gasteiger partial charge is 0.269 e. The van der Waals surface area contributed by atoms with Crippen LogP contribution in [0, 0.1) is 10.1 Å². The Kier molecular flexibility index (Phi) is 3.04. The Labute approximate surface area is 79.9 Å². The molecule has 1 aromatic rings. The van der Waals surface area contributed by atoms with Crippen LogP contribution in [0.1, 0.15) is 18.5 Å². The van der Waals surface area contributed by atoms with Crippen LogP contribution in [0.4, 0.5) is 5.69 Å². The summed E-state index contributed by atoms with van der Waals surface area (Å²) in [6.45, 7) is 1.72. The lowest BCUT2D eigenvalue weighted by Gasteiger charge is -2.02. The molecule has 0 radical (unpaired) electrons. The molecule has 6 nitrogen and oxygen atoms in total. The maximum absolute atomic E-state index is 10.3. The van der Waals surface area contributed by atoms with Crippen LogP contribution >= 0.6 is 0 Å². The second kappa shape index (κ2) is 4.25. The van der Waals surface area contributed by atoms with E-state index >= 15 is 0 Å². The molecule has 0 bridgehead atoms. The molecule has 72 valence electrons. The van der Waals surface area contributed by atoms with Crippen molar-refractivity contribution in [2.45, 2.75) is 13.0 Å². The number of nitro groups is 1. The number of non-ortho nitro benzene ring substituents is 1. The summed E-state index contributed by atoms with van der Waals surface area (Å²) in [5, 5.41) is 13.8. The second-order valence-electron chi connectivity index (χ2n) is 2.73. The van der Waals surface area contributed by atoms with Gasteiger partial charge in [-0.1, -0.05) is 24.2 Å². The molecule has 1 aromatic carbocycles. The van der Waals surface area contributed by atoms with E-state index in [4.69, 9.17) is 5.53 Å². The highest BCUT2D eigenvalue weighted by molar-refractivity contribution is 5.34. The maximum atomic E-state index is 10.3. The lowest BCUT2D eigenvalue weighted by molar-refractivity contribution is -0.384. The van der Waals surface area contributed by atoms with E-state index in [0.717, 1.165) is 5.56 Å². The highest BCUT2D eigenvalue weighted by atomic mass is 16.6. The van der Waals surface area contributed by atoms with E-state index in [2.05, 4.69) is 10.0 Å². The van der Waals surface area contributed by atoms with Gasteiger partial charge in [0, 0.05) is 17.0 Å². The van der Waals surface area contributed by atoms with Gasteiger partial charge in [-0.05, 0) is 11.1 Å². The van der Waals surface area contributed by atoms with E-state index in [-0.39, 0.29) is 11.7 Å². The second-order valence-corrected chi connectivity index (χ2v) is 2.73. The Balaban J connectivity index is 2.93. The van der Waals surface area contributed by atoms with E-state index in [0.29, 0.717) is 0 Å². The van der Waals surface area contributed by atoms with Gasteiger partial charge in [-0.3, -0.25) is 10.1 Å². The van der Waals surface area contributed by atoms with Gasteiger partial charge in [0.25, 0.3) is 5.69 Å². The average Bonchev–Trinajstić information content (AvgIpc) is 2.18. The monoisotopic (exact) mass is 192 g/mol. The quantitative estimate of drug-likeness (QED) is 0.242. The van der Waals surface area contributed by atoms with Crippen LogP contribution in [-0.4, -0.2) is 4.92 Å². The molecule has 0 N–H and O–H groups in total. The van der Waals surface area contributed by atoms with Crippen molar-refractivity contribution in [3.8, 4) is 0 Å². The summed E-state index contributed by atoms with van der Waals surface area (Å²) in [4.78, 5) is 12.5. The van der Waals surface area contributed by atoms with E-state index in [1.807, 2.05) is 0 Å². The summed E-state index contributed by atoms with van der Waals surface area (Å²) >= 11 is 0. The number of nitro benzene ring substituents is 1. The fourth-order valence-corrected chi connectivity index (χ4v) is 1.02. The highest BCUT2D eigenvalue weighted by Crippen LogP contribution is 2.19. The van der Waals surface area contributed by atoms with Gasteiger partial charge in [0.05, 0.1) is 11.0 Å². The van der Waals surface area contributed by atoms with Gasteiger partial charge in [-0.2, -0.15) is 0 Å². The molecule has 0 aliphatic heterocycles. The van der Waals surface area contributed by atoms with Crippen molar-refractivity contribution in [2.75, 3.05) is 0 Å². The van der Waals surface area contributed by atoms with Gasteiger partial charge in [0.15, 0.2) is 0 Å². The fourth-order valence-electron chi connectivity index (χ4n) is 1.02. The molecule has 1 atom stereocenters. The van der Waals surface area contributed by atoms with Gasteiger partial charge < -0.3 is 0 Å². The number of hydrogen-bond donors (Lipinski definition) is 0. The van der Waals surface area contributed by atoms with Crippen LogP contribution in [-0.2, 0) is 0 Å². The first-order valence-electron chi connectivity index (χ1n) is 3.93. The van der Waals surface area contributed by atoms with Crippen LogP contribution in [0.15, 0.2) is 29.4 Å². The highest BCUT2D eigenvalue weighted by Gasteiger charge is 2.06. The first-order chi connectivity index (χ1) is 6.65. The lowest BCUT2D eigenvalue weighted by atomic mass is 10.1. The molecule has 0 amide bonds. The molecule has 0 saturated carbocycles. The number of rotatable bonds is 3. The number of hydrogen-bond acceptors (Lipinski definition) is 3. The molecule has 1 rings (SSSR count). The standard InChI is InChI=1S/C8H8N4O2/c1-6(10-11-9)7-2-4-8(5-3-7)12(13)14/h2-6H,1H3/t6-/m0/s1. The van der Waals surface area contributed by atoms with Gasteiger partial charge >= 0.3 is 0 Å². The summed E-state index contributed by atoms with van der Waals surface area (Å²) in [7, 11) is 0. The Morgan fingerprint density at radius 3 is 2.50 bits per heavy atom. The minimum Gasteiger partial charge on any atom is -0.258 e. The number of nitrogens with zero attached hydrogens (tertiary/aromatic N) is 4. The molecule has 0 heterocycles. The summed E-state index contributed by atoms with van der Waals surface area (Å²) < 4.78 is 0. The van der Waals surface area contributed by atoms with Crippen LogP contribution in [0.25, 0.3) is 10.4 Å². The summed E-state index contributed by atoms with van der Waals surface area (Å²) in [5.74, 6) is 0. The molecular weight excluding hydrogens is 184 g/mol. The first kappa shape index (κ1) is 10.0. The molecule has 0 spiro atoms. The topological polar surface area (TPSA) is 91.9 Å². The van der Waals surface area contributed by atoms with Crippen LogP contribution in [0.3, 0.4) is 0 Å². The Morgan fingerprint density at radius 1 is 1.50 bits per heavy atom. The molecule has 0 aliphatic carbocycles. The Bertz CT molecular complexity index is 381. The normalized spacial score (nSPS) is 11.5. The molecule has 0 saturated heterocycles.